The molecule has 0 aliphatic carbocycles. The Morgan fingerprint density at radius 1 is 1.09 bits per heavy atom. The maximum absolute atomic E-state index is 10.1. The van der Waals surface area contributed by atoms with E-state index in [1.54, 1.807) is 31.0 Å². The van der Waals surface area contributed by atoms with Crippen molar-refractivity contribution in [2.24, 2.45) is 0 Å². The largest absolute Gasteiger partial charge is 0.491 e. The van der Waals surface area contributed by atoms with Crippen LogP contribution >= 0.6 is 0 Å². The average molecular weight is 296 g/mol. The molecule has 0 saturated heterocycles. The molecule has 0 aliphatic rings. The molecule has 112 valence electrons. The van der Waals surface area contributed by atoms with Crippen LogP contribution in [0, 0.1) is 0 Å². The molecule has 3 rings (SSSR count). The predicted octanol–water partition coefficient (Wildman–Crippen LogP) is 1.78. The van der Waals surface area contributed by atoms with Crippen molar-refractivity contribution in [1.82, 2.24) is 19.5 Å². The van der Waals surface area contributed by atoms with Crippen molar-refractivity contribution in [2.45, 2.75) is 12.6 Å². The van der Waals surface area contributed by atoms with Crippen molar-refractivity contribution < 1.29 is 9.84 Å². The van der Waals surface area contributed by atoms with Crippen LogP contribution < -0.4 is 4.74 Å². The van der Waals surface area contributed by atoms with Crippen LogP contribution in [0.3, 0.4) is 0 Å². The molecule has 6 nitrogen and oxygen atoms in total. The number of hydrogen-bond donors (Lipinski definition) is 1. The van der Waals surface area contributed by atoms with E-state index in [2.05, 4.69) is 15.0 Å². The first-order valence-electron chi connectivity index (χ1n) is 6.96. The van der Waals surface area contributed by atoms with Crippen molar-refractivity contribution in [3.63, 3.8) is 0 Å². The Morgan fingerprint density at radius 3 is 2.73 bits per heavy atom. The molecule has 0 bridgehead atoms. The van der Waals surface area contributed by atoms with E-state index in [4.69, 9.17) is 4.74 Å². The SMILES string of the molecule is O[C@@H](COc1ccccc1)Cn1ccnc1-c1cnccn1. The minimum Gasteiger partial charge on any atom is -0.491 e. The number of rotatable bonds is 6. The van der Waals surface area contributed by atoms with Crippen LogP contribution in [0.2, 0.25) is 0 Å². The molecule has 0 saturated carbocycles. The highest BCUT2D eigenvalue weighted by Crippen LogP contribution is 2.14. The van der Waals surface area contributed by atoms with E-state index < -0.39 is 6.10 Å². The molecule has 1 N–H and O–H groups in total. The van der Waals surface area contributed by atoms with Gasteiger partial charge in [0.05, 0.1) is 12.7 Å². The molecule has 2 heterocycles. The average Bonchev–Trinajstić information content (AvgIpc) is 3.03. The van der Waals surface area contributed by atoms with Crippen molar-refractivity contribution >= 4 is 0 Å². The van der Waals surface area contributed by atoms with Gasteiger partial charge in [0.2, 0.25) is 0 Å². The molecule has 6 heteroatoms. The van der Waals surface area contributed by atoms with Crippen LogP contribution in [0.5, 0.6) is 5.75 Å². The third kappa shape index (κ3) is 3.48. The number of nitrogens with zero attached hydrogens (tertiary/aromatic N) is 4. The van der Waals surface area contributed by atoms with Gasteiger partial charge in [-0.1, -0.05) is 18.2 Å². The number of ether oxygens (including phenoxy) is 1. The lowest BCUT2D eigenvalue weighted by molar-refractivity contribution is 0.0928. The maximum atomic E-state index is 10.1. The molecule has 0 aliphatic heterocycles. The lowest BCUT2D eigenvalue weighted by Gasteiger charge is -2.14. The second kappa shape index (κ2) is 6.82. The van der Waals surface area contributed by atoms with Crippen LogP contribution in [-0.4, -0.2) is 37.3 Å². The summed E-state index contributed by atoms with van der Waals surface area (Å²) in [5.74, 6) is 1.41. The Morgan fingerprint density at radius 2 is 1.95 bits per heavy atom. The molecule has 0 amide bonds. The van der Waals surface area contributed by atoms with Gasteiger partial charge in [0, 0.05) is 24.8 Å². The van der Waals surface area contributed by atoms with E-state index in [0.29, 0.717) is 18.1 Å². The van der Waals surface area contributed by atoms with Gasteiger partial charge in [0.1, 0.15) is 24.2 Å². The molecule has 22 heavy (non-hydrogen) atoms. The van der Waals surface area contributed by atoms with Crippen molar-refractivity contribution in [2.75, 3.05) is 6.61 Å². The molecule has 0 fully saturated rings. The van der Waals surface area contributed by atoms with Crippen LogP contribution in [0.4, 0.5) is 0 Å². The number of aliphatic hydroxyl groups is 1. The fourth-order valence-corrected chi connectivity index (χ4v) is 2.09. The molecule has 3 aromatic rings. The smallest absolute Gasteiger partial charge is 0.160 e. The third-order valence-electron chi connectivity index (χ3n) is 3.10. The first-order valence-corrected chi connectivity index (χ1v) is 6.96. The first kappa shape index (κ1) is 14.2. The lowest BCUT2D eigenvalue weighted by atomic mass is 10.3. The van der Waals surface area contributed by atoms with Gasteiger partial charge >= 0.3 is 0 Å². The van der Waals surface area contributed by atoms with Crippen molar-refractivity contribution in [3.05, 3.63) is 61.3 Å². The highest BCUT2D eigenvalue weighted by Gasteiger charge is 2.12. The summed E-state index contributed by atoms with van der Waals surface area (Å²) < 4.78 is 7.39. The zero-order valence-electron chi connectivity index (χ0n) is 11.9. The van der Waals surface area contributed by atoms with E-state index in [0.717, 1.165) is 5.75 Å². The number of benzene rings is 1. The second-order valence-corrected chi connectivity index (χ2v) is 4.77. The topological polar surface area (TPSA) is 73.1 Å². The van der Waals surface area contributed by atoms with Crippen LogP contribution in [0.1, 0.15) is 0 Å². The van der Waals surface area contributed by atoms with Gasteiger partial charge in [-0.25, -0.2) is 9.97 Å². The molecule has 1 aromatic carbocycles. The fraction of sp³-hybridized carbons (Fsp3) is 0.188. The van der Waals surface area contributed by atoms with E-state index in [1.165, 1.54) is 0 Å². The van der Waals surface area contributed by atoms with E-state index >= 15 is 0 Å². The van der Waals surface area contributed by atoms with E-state index in [1.807, 2.05) is 34.9 Å². The van der Waals surface area contributed by atoms with Crippen LogP contribution in [0.15, 0.2) is 61.3 Å². The summed E-state index contributed by atoms with van der Waals surface area (Å²) in [6.45, 7) is 0.584. The Bertz CT molecular complexity index is 700. The van der Waals surface area contributed by atoms with Crippen molar-refractivity contribution in [3.8, 4) is 17.3 Å². The lowest BCUT2D eigenvalue weighted by Crippen LogP contribution is -2.23. The zero-order chi connectivity index (χ0) is 15.2. The Balaban J connectivity index is 1.63. The molecule has 0 spiro atoms. The van der Waals surface area contributed by atoms with Crippen LogP contribution in [0.25, 0.3) is 11.5 Å². The molecule has 0 unspecified atom stereocenters. The molecular weight excluding hydrogens is 280 g/mol. The zero-order valence-corrected chi connectivity index (χ0v) is 11.9. The van der Waals surface area contributed by atoms with Gasteiger partial charge in [0.25, 0.3) is 0 Å². The Kier molecular flexibility index (Phi) is 4.41. The standard InChI is InChI=1S/C16H16N4O2/c21-13(12-22-14-4-2-1-3-5-14)11-20-9-8-19-16(20)15-10-17-6-7-18-15/h1-10,13,21H,11-12H2/t13-/m1/s1. The van der Waals surface area contributed by atoms with Gasteiger partial charge < -0.3 is 14.4 Å². The number of aliphatic hydroxyl groups excluding tert-OH is 1. The van der Waals surface area contributed by atoms with E-state index in [-0.39, 0.29) is 6.61 Å². The first-order chi connectivity index (χ1) is 10.8. The number of aromatic nitrogens is 4. The summed E-state index contributed by atoms with van der Waals surface area (Å²) in [6, 6.07) is 9.42. The third-order valence-corrected chi connectivity index (χ3v) is 3.10. The molecule has 1 atom stereocenters. The van der Waals surface area contributed by atoms with E-state index in [9.17, 15) is 5.11 Å². The van der Waals surface area contributed by atoms with Gasteiger partial charge in [-0.15, -0.1) is 0 Å². The summed E-state index contributed by atoms with van der Waals surface area (Å²) in [6.07, 6.45) is 7.70. The number of para-hydroxylation sites is 1. The summed E-state index contributed by atoms with van der Waals surface area (Å²) in [4.78, 5) is 12.5. The summed E-state index contributed by atoms with van der Waals surface area (Å²) in [7, 11) is 0. The van der Waals surface area contributed by atoms with Gasteiger partial charge in [-0.05, 0) is 12.1 Å². The minimum absolute atomic E-state index is 0.210. The van der Waals surface area contributed by atoms with Gasteiger partial charge in [-0.3, -0.25) is 4.98 Å². The monoisotopic (exact) mass is 296 g/mol. The van der Waals surface area contributed by atoms with Crippen molar-refractivity contribution in [1.29, 1.82) is 0 Å². The quantitative estimate of drug-likeness (QED) is 0.750. The maximum Gasteiger partial charge on any atom is 0.160 e. The summed E-state index contributed by atoms with van der Waals surface area (Å²) >= 11 is 0. The highest BCUT2D eigenvalue weighted by atomic mass is 16.5. The molecule has 2 aromatic heterocycles. The van der Waals surface area contributed by atoms with Gasteiger partial charge in [-0.2, -0.15) is 0 Å². The Hall–Kier alpha value is -2.73. The minimum atomic E-state index is -0.648. The summed E-state index contributed by atoms with van der Waals surface area (Å²) in [5, 5.41) is 10.1. The predicted molar refractivity (Wildman–Crippen MR) is 81.2 cm³/mol. The molecular formula is C16H16N4O2. The second-order valence-electron chi connectivity index (χ2n) is 4.77. The summed E-state index contributed by atoms with van der Waals surface area (Å²) in [5.41, 5.74) is 0.670. The number of imidazole rings is 1. The highest BCUT2D eigenvalue weighted by molar-refractivity contribution is 5.47. The van der Waals surface area contributed by atoms with Crippen LogP contribution in [-0.2, 0) is 6.54 Å². The Labute approximate surface area is 128 Å². The normalized spacial score (nSPS) is 12.0. The number of hydrogen-bond acceptors (Lipinski definition) is 5. The molecule has 0 radical (unpaired) electrons. The fourth-order valence-electron chi connectivity index (χ4n) is 2.09. The van der Waals surface area contributed by atoms with Gasteiger partial charge in [0.15, 0.2) is 5.82 Å².